The van der Waals surface area contributed by atoms with E-state index >= 15 is 0 Å². The predicted molar refractivity (Wildman–Crippen MR) is 69.9 cm³/mol. The van der Waals surface area contributed by atoms with Crippen LogP contribution in [0.3, 0.4) is 0 Å². The van der Waals surface area contributed by atoms with Crippen molar-refractivity contribution >= 4 is 11.8 Å². The van der Waals surface area contributed by atoms with Crippen molar-refractivity contribution in [2.24, 2.45) is 11.7 Å². The fraction of sp³-hybridized carbons (Fsp3) is 0.818. The van der Waals surface area contributed by atoms with Gasteiger partial charge in [0.2, 0.25) is 0 Å². The van der Waals surface area contributed by atoms with Crippen LogP contribution in [-0.4, -0.2) is 31.7 Å². The fourth-order valence-electron chi connectivity index (χ4n) is 1.42. The van der Waals surface area contributed by atoms with E-state index in [0.29, 0.717) is 12.3 Å². The van der Waals surface area contributed by atoms with Crippen molar-refractivity contribution < 1.29 is 5.11 Å². The van der Waals surface area contributed by atoms with Crippen LogP contribution in [0.2, 0.25) is 0 Å². The lowest BCUT2D eigenvalue weighted by atomic mass is 10.1. The Hall–Kier alpha value is -0.590. The van der Waals surface area contributed by atoms with E-state index in [1.54, 1.807) is 0 Å². The summed E-state index contributed by atoms with van der Waals surface area (Å²) >= 11 is 1.53. The average Bonchev–Trinajstić information content (AvgIpc) is 2.68. The van der Waals surface area contributed by atoms with Gasteiger partial charge >= 0.3 is 0 Å². The molecule has 1 rings (SSSR count). The van der Waals surface area contributed by atoms with E-state index in [-0.39, 0.29) is 18.1 Å². The molecule has 0 bridgehead atoms. The van der Waals surface area contributed by atoms with Crippen molar-refractivity contribution in [1.82, 2.24) is 14.8 Å². The highest BCUT2D eigenvalue weighted by molar-refractivity contribution is 7.99. The Bertz CT molecular complexity index is 351. The first kappa shape index (κ1) is 14.5. The van der Waals surface area contributed by atoms with Crippen molar-refractivity contribution in [2.75, 3.05) is 5.75 Å². The van der Waals surface area contributed by atoms with Crippen LogP contribution in [0.4, 0.5) is 0 Å². The van der Waals surface area contributed by atoms with Crippen molar-refractivity contribution in [3.63, 3.8) is 0 Å². The van der Waals surface area contributed by atoms with Gasteiger partial charge in [0, 0.05) is 11.8 Å². The molecular formula is C11H22N4OS. The molecule has 0 aliphatic carbocycles. The van der Waals surface area contributed by atoms with Crippen LogP contribution >= 0.6 is 11.8 Å². The minimum atomic E-state index is -0.321. The summed E-state index contributed by atoms with van der Waals surface area (Å²) < 4.78 is 2.03. The molecule has 0 aliphatic heterocycles. The molecule has 1 aromatic heterocycles. The van der Waals surface area contributed by atoms with E-state index in [1.165, 1.54) is 11.8 Å². The number of aromatic nitrogens is 3. The van der Waals surface area contributed by atoms with Gasteiger partial charge in [-0.25, -0.2) is 0 Å². The standard InChI is InChI=1S/C11H22N4OS/c1-7(2)9(16)6-17-11-14-13-10(5-12)15(11)8(3)4/h7-9,16H,5-6,12H2,1-4H3. The Morgan fingerprint density at radius 3 is 2.41 bits per heavy atom. The summed E-state index contributed by atoms with van der Waals surface area (Å²) in [5.41, 5.74) is 5.62. The molecule has 0 aliphatic rings. The zero-order chi connectivity index (χ0) is 13.0. The molecule has 17 heavy (non-hydrogen) atoms. The highest BCUT2D eigenvalue weighted by Gasteiger charge is 2.16. The topological polar surface area (TPSA) is 77.0 Å². The summed E-state index contributed by atoms with van der Waals surface area (Å²) in [4.78, 5) is 0. The molecule has 3 N–H and O–H groups in total. The smallest absolute Gasteiger partial charge is 0.191 e. The largest absolute Gasteiger partial charge is 0.392 e. The van der Waals surface area contributed by atoms with E-state index in [1.807, 2.05) is 18.4 Å². The minimum absolute atomic E-state index is 0.256. The van der Waals surface area contributed by atoms with Crippen LogP contribution in [0, 0.1) is 5.92 Å². The lowest BCUT2D eigenvalue weighted by Crippen LogP contribution is -2.18. The fourth-order valence-corrected chi connectivity index (χ4v) is 2.67. The zero-order valence-corrected chi connectivity index (χ0v) is 11.7. The Morgan fingerprint density at radius 1 is 1.29 bits per heavy atom. The SMILES string of the molecule is CC(C)C(O)CSc1nnc(CN)n1C(C)C. The molecular weight excluding hydrogens is 236 g/mol. The van der Waals surface area contributed by atoms with Crippen LogP contribution < -0.4 is 5.73 Å². The lowest BCUT2D eigenvalue weighted by Gasteiger charge is -2.16. The maximum atomic E-state index is 9.78. The van der Waals surface area contributed by atoms with Gasteiger partial charge in [-0.15, -0.1) is 10.2 Å². The molecule has 1 atom stereocenters. The first-order chi connectivity index (χ1) is 7.97. The monoisotopic (exact) mass is 258 g/mol. The van der Waals surface area contributed by atoms with Crippen molar-refractivity contribution in [3.05, 3.63) is 5.82 Å². The molecule has 0 amide bonds. The number of hydrogen-bond donors (Lipinski definition) is 2. The van der Waals surface area contributed by atoms with Crippen molar-refractivity contribution in [2.45, 2.75) is 51.5 Å². The molecule has 6 heteroatoms. The Kier molecular flexibility index (Phi) is 5.42. The summed E-state index contributed by atoms with van der Waals surface area (Å²) in [6.45, 7) is 8.54. The van der Waals surface area contributed by atoms with Gasteiger partial charge in [-0.3, -0.25) is 0 Å². The highest BCUT2D eigenvalue weighted by atomic mass is 32.2. The van der Waals surface area contributed by atoms with Crippen LogP contribution in [0.1, 0.15) is 39.6 Å². The quantitative estimate of drug-likeness (QED) is 0.755. The van der Waals surface area contributed by atoms with Crippen LogP contribution in [0.15, 0.2) is 5.16 Å². The molecule has 0 spiro atoms. The minimum Gasteiger partial charge on any atom is -0.392 e. The van der Waals surface area contributed by atoms with E-state index in [0.717, 1.165) is 11.0 Å². The second-order valence-electron chi connectivity index (χ2n) is 4.69. The number of aliphatic hydroxyl groups excluding tert-OH is 1. The van der Waals surface area contributed by atoms with Gasteiger partial charge in [-0.05, 0) is 19.8 Å². The molecule has 5 nitrogen and oxygen atoms in total. The molecule has 0 radical (unpaired) electrons. The second kappa shape index (κ2) is 6.37. The van der Waals surface area contributed by atoms with Gasteiger partial charge in [0.15, 0.2) is 5.16 Å². The predicted octanol–water partition coefficient (Wildman–Crippen LogP) is 1.43. The van der Waals surface area contributed by atoms with E-state index < -0.39 is 0 Å². The third kappa shape index (κ3) is 3.69. The van der Waals surface area contributed by atoms with Crippen LogP contribution in [0.25, 0.3) is 0 Å². The Morgan fingerprint density at radius 2 is 1.94 bits per heavy atom. The number of hydrogen-bond acceptors (Lipinski definition) is 5. The number of nitrogens with zero attached hydrogens (tertiary/aromatic N) is 3. The summed E-state index contributed by atoms with van der Waals surface area (Å²) in [7, 11) is 0. The molecule has 0 saturated heterocycles. The molecule has 1 unspecified atom stereocenters. The van der Waals surface area contributed by atoms with Crippen LogP contribution in [0.5, 0.6) is 0 Å². The highest BCUT2D eigenvalue weighted by Crippen LogP contribution is 2.23. The first-order valence-electron chi connectivity index (χ1n) is 5.92. The van der Waals surface area contributed by atoms with Crippen molar-refractivity contribution in [3.8, 4) is 0 Å². The number of nitrogens with two attached hydrogens (primary N) is 1. The van der Waals surface area contributed by atoms with Gasteiger partial charge in [0.1, 0.15) is 5.82 Å². The van der Waals surface area contributed by atoms with Crippen molar-refractivity contribution in [1.29, 1.82) is 0 Å². The van der Waals surface area contributed by atoms with E-state index in [4.69, 9.17) is 5.73 Å². The van der Waals surface area contributed by atoms with Gasteiger partial charge < -0.3 is 15.4 Å². The maximum Gasteiger partial charge on any atom is 0.191 e. The summed E-state index contributed by atoms with van der Waals surface area (Å²) in [5, 5.41) is 18.8. The summed E-state index contributed by atoms with van der Waals surface area (Å²) in [6.07, 6.45) is -0.321. The van der Waals surface area contributed by atoms with Gasteiger partial charge in [-0.1, -0.05) is 25.6 Å². The molecule has 98 valence electrons. The maximum absolute atomic E-state index is 9.78. The van der Waals surface area contributed by atoms with Gasteiger partial charge in [0.25, 0.3) is 0 Å². The number of rotatable bonds is 6. The second-order valence-corrected chi connectivity index (χ2v) is 5.68. The van der Waals surface area contributed by atoms with Gasteiger partial charge in [-0.2, -0.15) is 0 Å². The summed E-state index contributed by atoms with van der Waals surface area (Å²) in [5.74, 6) is 1.68. The van der Waals surface area contributed by atoms with E-state index in [9.17, 15) is 5.11 Å². The number of aliphatic hydroxyl groups is 1. The average molecular weight is 258 g/mol. The lowest BCUT2D eigenvalue weighted by molar-refractivity contribution is 0.149. The molecule has 0 fully saturated rings. The van der Waals surface area contributed by atoms with Crippen LogP contribution in [-0.2, 0) is 6.54 Å². The third-order valence-corrected chi connectivity index (χ3v) is 3.63. The Balaban J connectivity index is 2.74. The zero-order valence-electron chi connectivity index (χ0n) is 10.9. The molecule has 1 aromatic rings. The molecule has 1 heterocycles. The van der Waals surface area contributed by atoms with Gasteiger partial charge in [0.05, 0.1) is 12.6 Å². The first-order valence-corrected chi connectivity index (χ1v) is 6.90. The summed E-state index contributed by atoms with van der Waals surface area (Å²) in [6, 6.07) is 0.280. The Labute approximate surface area is 107 Å². The number of thioether (sulfide) groups is 1. The normalized spacial score (nSPS) is 13.6. The molecule has 0 aromatic carbocycles. The molecule has 0 saturated carbocycles. The third-order valence-electron chi connectivity index (χ3n) is 2.59. The van der Waals surface area contributed by atoms with E-state index in [2.05, 4.69) is 24.0 Å².